The Morgan fingerprint density at radius 1 is 1.22 bits per heavy atom. The van der Waals surface area contributed by atoms with Crippen molar-refractivity contribution in [1.29, 1.82) is 0 Å². The summed E-state index contributed by atoms with van der Waals surface area (Å²) in [5.74, 6) is 0.247. The molecule has 1 aliphatic heterocycles. The minimum Gasteiger partial charge on any atom is -0.491 e. The van der Waals surface area contributed by atoms with Gasteiger partial charge in [-0.1, -0.05) is 0 Å². The molecule has 1 amide bonds. The lowest BCUT2D eigenvalue weighted by Crippen LogP contribution is -2.55. The molecule has 1 fully saturated rings. The van der Waals surface area contributed by atoms with Crippen molar-refractivity contribution in [3.8, 4) is 5.75 Å². The molecular weight excluding hydrogens is 316 g/mol. The normalized spacial score (nSPS) is 17.7. The number of carbonyl (C=O) groups excluding carboxylic acids is 1. The second kappa shape index (κ2) is 6.88. The number of piperidine rings is 1. The molecule has 1 saturated heterocycles. The Bertz CT molecular complexity index is 647. The van der Waals surface area contributed by atoms with Crippen LogP contribution in [0.25, 0.3) is 0 Å². The highest BCUT2D eigenvalue weighted by Gasteiger charge is 2.48. The van der Waals surface area contributed by atoms with Gasteiger partial charge >= 0.3 is 0 Å². The van der Waals surface area contributed by atoms with E-state index in [1.54, 1.807) is 24.3 Å². The van der Waals surface area contributed by atoms with Gasteiger partial charge in [0, 0.05) is 11.9 Å². The van der Waals surface area contributed by atoms with Crippen molar-refractivity contribution in [2.24, 2.45) is 0 Å². The van der Waals surface area contributed by atoms with Crippen LogP contribution in [0.4, 0.5) is 5.69 Å². The molecule has 2 N–H and O–H groups in total. The first kappa shape index (κ1) is 17.7. The SMILES string of the molecule is CC(C)Oc1ccc(NC(=O)C2(S(C)(=O)=O)CCNCC2)cc1. The van der Waals surface area contributed by atoms with Crippen LogP contribution in [0.5, 0.6) is 5.75 Å². The number of sulfone groups is 1. The summed E-state index contributed by atoms with van der Waals surface area (Å²) in [6.45, 7) is 4.90. The molecule has 1 aliphatic rings. The molecule has 0 unspecified atom stereocenters. The number of amides is 1. The minimum atomic E-state index is -3.51. The highest BCUT2D eigenvalue weighted by atomic mass is 32.2. The topological polar surface area (TPSA) is 84.5 Å². The second-order valence-electron chi connectivity index (χ2n) is 6.16. The van der Waals surface area contributed by atoms with Crippen molar-refractivity contribution >= 4 is 21.4 Å². The summed E-state index contributed by atoms with van der Waals surface area (Å²) >= 11 is 0. The van der Waals surface area contributed by atoms with Gasteiger partial charge in [-0.3, -0.25) is 4.79 Å². The van der Waals surface area contributed by atoms with Gasteiger partial charge in [0.1, 0.15) is 5.75 Å². The molecule has 0 aromatic heterocycles. The first-order valence-electron chi connectivity index (χ1n) is 7.73. The molecule has 0 atom stereocenters. The van der Waals surface area contributed by atoms with Crippen LogP contribution in [0.2, 0.25) is 0 Å². The average Bonchev–Trinajstić information content (AvgIpc) is 2.48. The van der Waals surface area contributed by atoms with E-state index in [0.717, 1.165) is 6.26 Å². The third-order valence-electron chi connectivity index (χ3n) is 4.02. The Kier molecular flexibility index (Phi) is 5.31. The Hall–Kier alpha value is -1.60. The molecule has 1 aromatic rings. The van der Waals surface area contributed by atoms with E-state index in [4.69, 9.17) is 4.74 Å². The van der Waals surface area contributed by atoms with E-state index in [1.807, 2.05) is 13.8 Å². The summed E-state index contributed by atoms with van der Waals surface area (Å²) in [5, 5.41) is 5.83. The quantitative estimate of drug-likeness (QED) is 0.850. The Morgan fingerprint density at radius 3 is 2.26 bits per heavy atom. The van der Waals surface area contributed by atoms with Gasteiger partial charge in [-0.05, 0) is 64.0 Å². The zero-order valence-corrected chi connectivity index (χ0v) is 14.6. The number of nitrogens with one attached hydrogen (secondary N) is 2. The van der Waals surface area contributed by atoms with Gasteiger partial charge in [-0.15, -0.1) is 0 Å². The molecule has 6 nitrogen and oxygen atoms in total. The van der Waals surface area contributed by atoms with E-state index in [0.29, 0.717) is 24.5 Å². The number of rotatable bonds is 5. The van der Waals surface area contributed by atoms with Gasteiger partial charge < -0.3 is 15.4 Å². The van der Waals surface area contributed by atoms with Crippen LogP contribution in [0.1, 0.15) is 26.7 Å². The highest BCUT2D eigenvalue weighted by Crippen LogP contribution is 2.29. The van der Waals surface area contributed by atoms with Crippen LogP contribution in [-0.4, -0.2) is 44.5 Å². The standard InChI is InChI=1S/C16H24N2O4S/c1-12(2)22-14-6-4-13(5-7-14)18-15(19)16(23(3,20)21)8-10-17-11-9-16/h4-7,12,17H,8-11H2,1-3H3,(H,18,19). The summed E-state index contributed by atoms with van der Waals surface area (Å²) in [6, 6.07) is 6.94. The maximum Gasteiger partial charge on any atom is 0.245 e. The minimum absolute atomic E-state index is 0.0682. The molecule has 1 aromatic carbocycles. The van der Waals surface area contributed by atoms with Crippen molar-refractivity contribution in [2.75, 3.05) is 24.7 Å². The molecule has 0 radical (unpaired) electrons. The Morgan fingerprint density at radius 2 is 1.78 bits per heavy atom. The van der Waals surface area contributed by atoms with Crippen LogP contribution < -0.4 is 15.4 Å². The van der Waals surface area contributed by atoms with Crippen molar-refractivity contribution in [2.45, 2.75) is 37.5 Å². The molecule has 2 rings (SSSR count). The summed E-state index contributed by atoms with van der Waals surface area (Å²) < 4.78 is 28.6. The van der Waals surface area contributed by atoms with Crippen molar-refractivity contribution in [3.63, 3.8) is 0 Å². The third kappa shape index (κ3) is 4.03. The number of hydrogen-bond donors (Lipinski definition) is 2. The van der Waals surface area contributed by atoms with Crippen molar-refractivity contribution < 1.29 is 17.9 Å². The fraction of sp³-hybridized carbons (Fsp3) is 0.562. The second-order valence-corrected chi connectivity index (χ2v) is 8.49. The average molecular weight is 340 g/mol. The Balaban J connectivity index is 2.16. The third-order valence-corrected chi connectivity index (χ3v) is 6.03. The lowest BCUT2D eigenvalue weighted by Gasteiger charge is -2.34. The largest absolute Gasteiger partial charge is 0.491 e. The van der Waals surface area contributed by atoms with Gasteiger partial charge in [0.15, 0.2) is 14.6 Å². The number of anilines is 1. The van der Waals surface area contributed by atoms with E-state index < -0.39 is 20.5 Å². The summed E-state index contributed by atoms with van der Waals surface area (Å²) in [6.07, 6.45) is 1.77. The summed E-state index contributed by atoms with van der Waals surface area (Å²) in [4.78, 5) is 12.6. The van der Waals surface area contributed by atoms with E-state index in [-0.39, 0.29) is 18.9 Å². The first-order chi connectivity index (χ1) is 10.7. The van der Waals surface area contributed by atoms with Gasteiger partial charge in [0.2, 0.25) is 5.91 Å². The van der Waals surface area contributed by atoms with Crippen LogP contribution in [0.3, 0.4) is 0 Å². The molecule has 0 bridgehead atoms. The maximum absolute atomic E-state index is 12.6. The van der Waals surface area contributed by atoms with Gasteiger partial charge in [-0.25, -0.2) is 8.42 Å². The van der Waals surface area contributed by atoms with E-state index in [9.17, 15) is 13.2 Å². The molecule has 7 heteroatoms. The van der Waals surface area contributed by atoms with Crippen molar-refractivity contribution in [1.82, 2.24) is 5.32 Å². The molecule has 0 spiro atoms. The predicted octanol–water partition coefficient (Wildman–Crippen LogP) is 1.58. The highest BCUT2D eigenvalue weighted by molar-refractivity contribution is 7.92. The number of hydrogen-bond acceptors (Lipinski definition) is 5. The molecule has 0 saturated carbocycles. The van der Waals surface area contributed by atoms with E-state index in [2.05, 4.69) is 10.6 Å². The van der Waals surface area contributed by atoms with E-state index in [1.165, 1.54) is 0 Å². The maximum atomic E-state index is 12.6. The lowest BCUT2D eigenvalue weighted by atomic mass is 9.95. The number of carbonyl (C=O) groups is 1. The zero-order valence-electron chi connectivity index (χ0n) is 13.8. The van der Waals surface area contributed by atoms with Crippen LogP contribution in [0, 0.1) is 0 Å². The van der Waals surface area contributed by atoms with Gasteiger partial charge in [0.25, 0.3) is 0 Å². The van der Waals surface area contributed by atoms with Crippen LogP contribution in [0.15, 0.2) is 24.3 Å². The Labute approximate surface area is 137 Å². The van der Waals surface area contributed by atoms with Crippen molar-refractivity contribution in [3.05, 3.63) is 24.3 Å². The first-order valence-corrected chi connectivity index (χ1v) is 9.62. The predicted molar refractivity (Wildman–Crippen MR) is 90.5 cm³/mol. The molecule has 0 aliphatic carbocycles. The monoisotopic (exact) mass is 340 g/mol. The smallest absolute Gasteiger partial charge is 0.245 e. The van der Waals surface area contributed by atoms with Gasteiger partial charge in [-0.2, -0.15) is 0 Å². The molecule has 23 heavy (non-hydrogen) atoms. The summed E-state index contributed by atoms with van der Waals surface area (Å²) in [7, 11) is -3.51. The summed E-state index contributed by atoms with van der Waals surface area (Å²) in [5.41, 5.74) is 0.563. The fourth-order valence-electron chi connectivity index (χ4n) is 2.73. The lowest BCUT2D eigenvalue weighted by molar-refractivity contribution is -0.119. The van der Waals surface area contributed by atoms with Crippen LogP contribution >= 0.6 is 0 Å². The molecular formula is C16H24N2O4S. The van der Waals surface area contributed by atoms with Gasteiger partial charge in [0.05, 0.1) is 6.10 Å². The number of benzene rings is 1. The van der Waals surface area contributed by atoms with E-state index >= 15 is 0 Å². The number of ether oxygens (including phenoxy) is 1. The molecule has 1 heterocycles. The zero-order chi connectivity index (χ0) is 17.1. The fourth-order valence-corrected chi connectivity index (χ4v) is 4.06. The van der Waals surface area contributed by atoms with Crippen LogP contribution in [-0.2, 0) is 14.6 Å². The molecule has 128 valence electrons.